The van der Waals surface area contributed by atoms with Gasteiger partial charge in [-0.15, -0.1) is 0 Å². The van der Waals surface area contributed by atoms with Crippen LogP contribution in [0.4, 0.5) is 0 Å². The second kappa shape index (κ2) is 4.57. The zero-order valence-corrected chi connectivity index (χ0v) is 11.6. The summed E-state index contributed by atoms with van der Waals surface area (Å²) in [6.07, 6.45) is 0.247. The molecule has 18 heavy (non-hydrogen) atoms. The number of nitrogens with zero attached hydrogens (tertiary/aromatic N) is 4. The lowest BCUT2D eigenvalue weighted by Gasteiger charge is -2.01. The number of carbonyl (C=O) groups excluding carboxylic acids is 1. The third-order valence-corrected chi connectivity index (χ3v) is 3.37. The standard InChI is InChI=1S/C12H15ClN4O/c1-7-5-10(16(3)14-7)11(18)6-9-8(2)15-17(4)12(9)13/h5H,6H2,1-4H3. The highest BCUT2D eigenvalue weighted by atomic mass is 35.5. The van der Waals surface area contributed by atoms with Crippen molar-refractivity contribution in [1.29, 1.82) is 0 Å². The third kappa shape index (κ3) is 2.18. The lowest BCUT2D eigenvalue weighted by Crippen LogP contribution is -2.10. The van der Waals surface area contributed by atoms with Crippen LogP contribution in [0.5, 0.6) is 0 Å². The monoisotopic (exact) mass is 266 g/mol. The fourth-order valence-corrected chi connectivity index (χ4v) is 2.24. The van der Waals surface area contributed by atoms with E-state index in [0.717, 1.165) is 17.0 Å². The van der Waals surface area contributed by atoms with E-state index in [-0.39, 0.29) is 12.2 Å². The summed E-state index contributed by atoms with van der Waals surface area (Å²) in [5.74, 6) is -0.00361. The van der Waals surface area contributed by atoms with Crippen molar-refractivity contribution >= 4 is 17.4 Å². The Kier molecular flexibility index (Phi) is 3.26. The molecule has 0 aliphatic rings. The molecule has 2 aromatic heterocycles. The molecule has 2 aromatic rings. The van der Waals surface area contributed by atoms with Crippen LogP contribution in [0.25, 0.3) is 0 Å². The van der Waals surface area contributed by atoms with E-state index in [4.69, 9.17) is 11.6 Å². The molecule has 0 amide bonds. The van der Waals surface area contributed by atoms with Crippen LogP contribution in [-0.4, -0.2) is 25.3 Å². The zero-order valence-electron chi connectivity index (χ0n) is 10.9. The van der Waals surface area contributed by atoms with Crippen LogP contribution in [0.15, 0.2) is 6.07 Å². The molecule has 2 heterocycles. The van der Waals surface area contributed by atoms with Gasteiger partial charge in [-0.3, -0.25) is 14.2 Å². The van der Waals surface area contributed by atoms with E-state index in [1.807, 2.05) is 13.8 Å². The molecule has 0 unspecified atom stereocenters. The van der Waals surface area contributed by atoms with Crippen LogP contribution < -0.4 is 0 Å². The largest absolute Gasteiger partial charge is 0.292 e. The molecule has 6 heteroatoms. The van der Waals surface area contributed by atoms with E-state index in [1.165, 1.54) is 0 Å². The van der Waals surface area contributed by atoms with E-state index in [9.17, 15) is 4.79 Å². The summed E-state index contributed by atoms with van der Waals surface area (Å²) in [6, 6.07) is 1.78. The highest BCUT2D eigenvalue weighted by Gasteiger charge is 2.18. The fourth-order valence-electron chi connectivity index (χ4n) is 2.00. The predicted molar refractivity (Wildman–Crippen MR) is 68.9 cm³/mol. The average molecular weight is 267 g/mol. The number of Topliss-reactive ketones (excluding diaryl/α,β-unsaturated/α-hetero) is 1. The minimum absolute atomic E-state index is 0.00361. The summed E-state index contributed by atoms with van der Waals surface area (Å²) in [5, 5.41) is 8.87. The number of aryl methyl sites for hydroxylation is 4. The molecule has 0 aliphatic heterocycles. The predicted octanol–water partition coefficient (Wildman–Crippen LogP) is 1.85. The highest BCUT2D eigenvalue weighted by Crippen LogP contribution is 2.20. The third-order valence-electron chi connectivity index (χ3n) is 2.89. The van der Waals surface area contributed by atoms with Crippen molar-refractivity contribution in [3.63, 3.8) is 0 Å². The van der Waals surface area contributed by atoms with Crippen LogP contribution >= 0.6 is 11.6 Å². The Balaban J connectivity index is 2.29. The van der Waals surface area contributed by atoms with E-state index in [0.29, 0.717) is 10.8 Å². The van der Waals surface area contributed by atoms with Gasteiger partial charge >= 0.3 is 0 Å². The zero-order chi connectivity index (χ0) is 13.4. The molecular formula is C12H15ClN4O. The Morgan fingerprint density at radius 3 is 2.39 bits per heavy atom. The van der Waals surface area contributed by atoms with Gasteiger partial charge in [0.05, 0.1) is 11.4 Å². The maximum Gasteiger partial charge on any atom is 0.185 e. The van der Waals surface area contributed by atoms with Crippen molar-refractivity contribution in [3.05, 3.63) is 33.9 Å². The Morgan fingerprint density at radius 1 is 1.28 bits per heavy atom. The molecule has 0 fully saturated rings. The lowest BCUT2D eigenvalue weighted by molar-refractivity contribution is 0.0984. The van der Waals surface area contributed by atoms with E-state index in [2.05, 4.69) is 10.2 Å². The van der Waals surface area contributed by atoms with E-state index in [1.54, 1.807) is 29.5 Å². The fraction of sp³-hybridized carbons (Fsp3) is 0.417. The molecule has 0 saturated carbocycles. The molecule has 0 spiro atoms. The van der Waals surface area contributed by atoms with Crippen molar-refractivity contribution < 1.29 is 4.79 Å². The van der Waals surface area contributed by atoms with Gasteiger partial charge in [0, 0.05) is 26.1 Å². The van der Waals surface area contributed by atoms with Crippen molar-refractivity contribution in [3.8, 4) is 0 Å². The summed E-state index contributed by atoms with van der Waals surface area (Å²) >= 11 is 6.12. The number of hydrogen-bond acceptors (Lipinski definition) is 3. The molecule has 0 atom stereocenters. The molecule has 0 aliphatic carbocycles. The first-order valence-corrected chi connectivity index (χ1v) is 5.99. The van der Waals surface area contributed by atoms with Gasteiger partial charge in [-0.25, -0.2) is 0 Å². The second-order valence-electron chi connectivity index (χ2n) is 4.37. The van der Waals surface area contributed by atoms with E-state index < -0.39 is 0 Å². The molecule has 5 nitrogen and oxygen atoms in total. The minimum atomic E-state index is -0.00361. The van der Waals surface area contributed by atoms with Gasteiger partial charge in [-0.05, 0) is 19.9 Å². The van der Waals surface area contributed by atoms with E-state index >= 15 is 0 Å². The summed E-state index contributed by atoms with van der Waals surface area (Å²) in [7, 11) is 3.52. The molecule has 0 radical (unpaired) electrons. The number of ketones is 1. The smallest absolute Gasteiger partial charge is 0.185 e. The number of aromatic nitrogens is 4. The quantitative estimate of drug-likeness (QED) is 0.797. The SMILES string of the molecule is Cc1cc(C(=O)Cc2c(C)nn(C)c2Cl)n(C)n1. The number of halogens is 1. The maximum absolute atomic E-state index is 12.2. The van der Waals surface area contributed by atoms with Crippen molar-refractivity contribution in [1.82, 2.24) is 19.6 Å². The van der Waals surface area contributed by atoms with Gasteiger partial charge in [-0.2, -0.15) is 10.2 Å². The maximum atomic E-state index is 12.2. The van der Waals surface area contributed by atoms with Crippen molar-refractivity contribution in [2.75, 3.05) is 0 Å². The summed E-state index contributed by atoms with van der Waals surface area (Å²) in [4.78, 5) is 12.2. The topological polar surface area (TPSA) is 52.7 Å². The number of hydrogen-bond donors (Lipinski definition) is 0. The normalized spacial score (nSPS) is 10.9. The van der Waals surface area contributed by atoms with Crippen molar-refractivity contribution in [2.45, 2.75) is 20.3 Å². The lowest BCUT2D eigenvalue weighted by atomic mass is 10.1. The van der Waals surface area contributed by atoms with Crippen LogP contribution in [0.1, 0.15) is 27.4 Å². The molecule has 0 N–H and O–H groups in total. The Bertz CT molecular complexity index is 612. The van der Waals surface area contributed by atoms with Gasteiger partial charge in [0.1, 0.15) is 10.8 Å². The molecule has 0 saturated heterocycles. The number of carbonyl (C=O) groups is 1. The van der Waals surface area contributed by atoms with Gasteiger partial charge in [0.2, 0.25) is 0 Å². The molecule has 0 aromatic carbocycles. The molecular weight excluding hydrogens is 252 g/mol. The van der Waals surface area contributed by atoms with Crippen LogP contribution in [0.3, 0.4) is 0 Å². The Hall–Kier alpha value is -1.62. The first-order valence-electron chi connectivity index (χ1n) is 5.62. The highest BCUT2D eigenvalue weighted by molar-refractivity contribution is 6.30. The molecule has 0 bridgehead atoms. The van der Waals surface area contributed by atoms with Crippen LogP contribution in [0, 0.1) is 13.8 Å². The first kappa shape index (κ1) is 12.8. The molecule has 2 rings (SSSR count). The minimum Gasteiger partial charge on any atom is -0.292 e. The summed E-state index contributed by atoms with van der Waals surface area (Å²) < 4.78 is 3.17. The van der Waals surface area contributed by atoms with Crippen LogP contribution in [-0.2, 0) is 20.5 Å². The van der Waals surface area contributed by atoms with Gasteiger partial charge in [-0.1, -0.05) is 11.6 Å². The number of rotatable bonds is 3. The summed E-state index contributed by atoms with van der Waals surface area (Å²) in [5.41, 5.74) is 2.99. The average Bonchev–Trinajstić information content (AvgIpc) is 2.73. The van der Waals surface area contributed by atoms with Crippen LogP contribution in [0.2, 0.25) is 5.15 Å². The Morgan fingerprint density at radius 2 is 1.94 bits per heavy atom. The van der Waals surface area contributed by atoms with Crippen molar-refractivity contribution in [2.24, 2.45) is 14.1 Å². The second-order valence-corrected chi connectivity index (χ2v) is 4.73. The first-order chi connectivity index (χ1) is 8.40. The summed E-state index contributed by atoms with van der Waals surface area (Å²) in [6.45, 7) is 3.71. The Labute approximate surface area is 110 Å². The molecule has 96 valence electrons. The van der Waals surface area contributed by atoms with Gasteiger partial charge in [0.25, 0.3) is 0 Å². The van der Waals surface area contributed by atoms with Gasteiger partial charge < -0.3 is 0 Å². The van der Waals surface area contributed by atoms with Gasteiger partial charge in [0.15, 0.2) is 5.78 Å².